The van der Waals surface area contributed by atoms with Crippen molar-refractivity contribution in [2.24, 2.45) is 0 Å². The number of hydrogen-bond donors (Lipinski definition) is 1. The van der Waals surface area contributed by atoms with Crippen LogP contribution < -0.4 is 0 Å². The van der Waals surface area contributed by atoms with E-state index >= 15 is 0 Å². The average molecular weight is 480 g/mol. The summed E-state index contributed by atoms with van der Waals surface area (Å²) < 4.78 is 1.24. The Kier molecular flexibility index (Phi) is 5.22. The van der Waals surface area contributed by atoms with E-state index in [0.29, 0.717) is 14.3 Å². The monoisotopic (exact) mass is 479 g/mol. The zero-order valence-electron chi connectivity index (χ0n) is 10.2. The molecule has 0 amide bonds. The molecule has 0 fully saturated rings. The van der Waals surface area contributed by atoms with Gasteiger partial charge in [-0.1, -0.05) is 11.8 Å². The third-order valence-corrected chi connectivity index (χ3v) is 4.93. The predicted molar refractivity (Wildman–Crippen MR) is 91.0 cm³/mol. The molecule has 2 rings (SSSR count). The molecule has 0 aromatic heterocycles. The minimum atomic E-state index is -1.05. The standard InChI is InChI=1S/C13H7BrINO4S/c14-10-3-2-8(6-9(10)13(17)18)21-12-4-1-7(15)5-11(12)16(19)20/h1-6H,(H,17,18). The van der Waals surface area contributed by atoms with Crippen molar-refractivity contribution in [3.8, 4) is 0 Å². The molecule has 5 nitrogen and oxygen atoms in total. The number of nitrogens with zero attached hydrogens (tertiary/aromatic N) is 1. The van der Waals surface area contributed by atoms with Gasteiger partial charge in [0.05, 0.1) is 15.4 Å². The number of aromatic carboxylic acids is 1. The van der Waals surface area contributed by atoms with Gasteiger partial charge in [0.1, 0.15) is 0 Å². The maximum absolute atomic E-state index is 11.1. The van der Waals surface area contributed by atoms with Crippen molar-refractivity contribution in [1.29, 1.82) is 0 Å². The lowest BCUT2D eigenvalue weighted by molar-refractivity contribution is -0.387. The molecule has 0 aliphatic carbocycles. The summed E-state index contributed by atoms with van der Waals surface area (Å²) in [6, 6.07) is 9.73. The maximum Gasteiger partial charge on any atom is 0.336 e. The number of nitro benzene ring substituents is 1. The number of hydrogen-bond acceptors (Lipinski definition) is 4. The van der Waals surface area contributed by atoms with Gasteiger partial charge in [0.15, 0.2) is 0 Å². The summed E-state index contributed by atoms with van der Waals surface area (Å²) in [7, 11) is 0. The molecule has 0 unspecified atom stereocenters. The molecular weight excluding hydrogens is 473 g/mol. The highest BCUT2D eigenvalue weighted by Gasteiger charge is 2.16. The van der Waals surface area contributed by atoms with Gasteiger partial charge in [-0.3, -0.25) is 10.1 Å². The molecule has 0 saturated heterocycles. The second kappa shape index (κ2) is 6.75. The zero-order valence-corrected chi connectivity index (χ0v) is 14.8. The van der Waals surface area contributed by atoms with E-state index in [2.05, 4.69) is 15.9 Å². The Hall–Kier alpha value is -1.13. The maximum atomic E-state index is 11.1. The van der Waals surface area contributed by atoms with Crippen molar-refractivity contribution >= 4 is 61.9 Å². The molecule has 0 radical (unpaired) electrons. The molecule has 0 bridgehead atoms. The van der Waals surface area contributed by atoms with Crippen LogP contribution in [0.3, 0.4) is 0 Å². The van der Waals surface area contributed by atoms with Crippen LogP contribution in [0.15, 0.2) is 50.7 Å². The number of carboxylic acid groups (broad SMARTS) is 1. The van der Waals surface area contributed by atoms with Crippen LogP contribution in [0, 0.1) is 13.7 Å². The third-order valence-electron chi connectivity index (χ3n) is 2.51. The normalized spacial score (nSPS) is 10.4. The van der Waals surface area contributed by atoms with Crippen LogP contribution >= 0.6 is 50.3 Å². The molecule has 8 heteroatoms. The van der Waals surface area contributed by atoms with E-state index in [1.165, 1.54) is 12.1 Å². The number of halogens is 2. The van der Waals surface area contributed by atoms with E-state index in [1.54, 1.807) is 24.3 Å². The summed E-state index contributed by atoms with van der Waals surface area (Å²) in [5.41, 5.74) is 0.125. The summed E-state index contributed by atoms with van der Waals surface area (Å²) in [4.78, 5) is 22.8. The smallest absolute Gasteiger partial charge is 0.336 e. The summed E-state index contributed by atoms with van der Waals surface area (Å²) in [5, 5.41) is 20.2. The lowest BCUT2D eigenvalue weighted by Crippen LogP contribution is -1.97. The van der Waals surface area contributed by atoms with Crippen molar-refractivity contribution in [3.05, 3.63) is 60.1 Å². The first-order chi connectivity index (χ1) is 9.88. The van der Waals surface area contributed by atoms with Crippen LogP contribution in [-0.2, 0) is 0 Å². The van der Waals surface area contributed by atoms with E-state index in [-0.39, 0.29) is 11.3 Å². The molecule has 0 atom stereocenters. The van der Waals surface area contributed by atoms with Gasteiger partial charge in [0, 0.05) is 19.0 Å². The van der Waals surface area contributed by atoms with Gasteiger partial charge >= 0.3 is 5.97 Å². The minimum Gasteiger partial charge on any atom is -0.478 e. The molecule has 21 heavy (non-hydrogen) atoms. The van der Waals surface area contributed by atoms with Crippen molar-refractivity contribution in [2.45, 2.75) is 9.79 Å². The molecule has 2 aromatic carbocycles. The molecule has 108 valence electrons. The van der Waals surface area contributed by atoms with Crippen molar-refractivity contribution in [2.75, 3.05) is 0 Å². The van der Waals surface area contributed by atoms with Crippen LogP contribution in [0.2, 0.25) is 0 Å². The minimum absolute atomic E-state index is 0.00620. The van der Waals surface area contributed by atoms with E-state index in [9.17, 15) is 14.9 Å². The highest BCUT2D eigenvalue weighted by molar-refractivity contribution is 14.1. The fourth-order valence-corrected chi connectivity index (χ4v) is 3.41. The lowest BCUT2D eigenvalue weighted by atomic mass is 10.2. The van der Waals surface area contributed by atoms with Gasteiger partial charge in [-0.25, -0.2) is 4.79 Å². The first kappa shape index (κ1) is 16.2. The number of carbonyl (C=O) groups is 1. The largest absolute Gasteiger partial charge is 0.478 e. The quantitative estimate of drug-likeness (QED) is 0.386. The Morgan fingerprint density at radius 1 is 1.29 bits per heavy atom. The van der Waals surface area contributed by atoms with Gasteiger partial charge in [-0.2, -0.15) is 0 Å². The van der Waals surface area contributed by atoms with Crippen LogP contribution in [0.25, 0.3) is 0 Å². The molecule has 0 aliphatic heterocycles. The summed E-state index contributed by atoms with van der Waals surface area (Å²) in [6.07, 6.45) is 0. The van der Waals surface area contributed by atoms with Gasteiger partial charge in [0.2, 0.25) is 0 Å². The van der Waals surface area contributed by atoms with Gasteiger partial charge in [-0.15, -0.1) is 0 Å². The number of nitro groups is 1. The highest BCUT2D eigenvalue weighted by Crippen LogP contribution is 2.36. The lowest BCUT2D eigenvalue weighted by Gasteiger charge is -2.06. The van der Waals surface area contributed by atoms with E-state index < -0.39 is 10.9 Å². The number of carboxylic acids is 1. The summed E-state index contributed by atoms with van der Waals surface area (Å²) in [5.74, 6) is -1.05. The zero-order chi connectivity index (χ0) is 15.6. The van der Waals surface area contributed by atoms with Gasteiger partial charge in [-0.05, 0) is 68.9 Å². The van der Waals surface area contributed by atoms with Crippen LogP contribution in [0.4, 0.5) is 5.69 Å². The van der Waals surface area contributed by atoms with Gasteiger partial charge < -0.3 is 5.11 Å². The predicted octanol–water partition coefficient (Wildman–Crippen LogP) is 4.81. The van der Waals surface area contributed by atoms with Gasteiger partial charge in [0.25, 0.3) is 5.69 Å². The molecule has 0 spiro atoms. The fourth-order valence-electron chi connectivity index (χ4n) is 1.58. The Balaban J connectivity index is 2.41. The molecular formula is C13H7BrINO4S. The highest BCUT2D eigenvalue weighted by atomic mass is 127. The fraction of sp³-hybridized carbons (Fsp3) is 0. The summed E-state index contributed by atoms with van der Waals surface area (Å²) in [6.45, 7) is 0. The molecule has 2 aromatic rings. The topological polar surface area (TPSA) is 80.4 Å². The molecule has 0 heterocycles. The Morgan fingerprint density at radius 2 is 2.00 bits per heavy atom. The first-order valence-corrected chi connectivity index (χ1v) is 8.22. The van der Waals surface area contributed by atoms with Crippen LogP contribution in [0.1, 0.15) is 10.4 Å². The van der Waals surface area contributed by atoms with Crippen molar-refractivity contribution in [3.63, 3.8) is 0 Å². The Labute approximate surface area is 146 Å². The first-order valence-electron chi connectivity index (χ1n) is 5.53. The van der Waals surface area contributed by atoms with E-state index in [0.717, 1.165) is 15.3 Å². The third kappa shape index (κ3) is 3.95. The number of rotatable bonds is 4. The second-order valence-corrected chi connectivity index (χ2v) is 7.13. The van der Waals surface area contributed by atoms with Crippen molar-refractivity contribution in [1.82, 2.24) is 0 Å². The van der Waals surface area contributed by atoms with E-state index in [4.69, 9.17) is 5.11 Å². The molecule has 1 N–H and O–H groups in total. The Morgan fingerprint density at radius 3 is 2.62 bits per heavy atom. The van der Waals surface area contributed by atoms with E-state index in [1.807, 2.05) is 22.6 Å². The summed E-state index contributed by atoms with van der Waals surface area (Å²) >= 11 is 6.33. The molecule has 0 aliphatic rings. The number of benzene rings is 2. The van der Waals surface area contributed by atoms with Crippen LogP contribution in [-0.4, -0.2) is 16.0 Å². The van der Waals surface area contributed by atoms with Crippen molar-refractivity contribution < 1.29 is 14.8 Å². The SMILES string of the molecule is O=C(O)c1cc(Sc2ccc(I)cc2[N+](=O)[O-])ccc1Br. The Bertz CT molecular complexity index is 738. The molecule has 0 saturated carbocycles. The average Bonchev–Trinajstić information content (AvgIpc) is 2.42. The second-order valence-electron chi connectivity index (χ2n) is 3.92. The van der Waals surface area contributed by atoms with Crippen LogP contribution in [0.5, 0.6) is 0 Å².